The maximum atomic E-state index is 9.72. The molecule has 2 heterocycles. The molecule has 2 atom stereocenters. The van der Waals surface area contributed by atoms with Crippen LogP contribution in [0.2, 0.25) is 0 Å². The quantitative estimate of drug-likeness (QED) is 0.920. The monoisotopic (exact) mass is 298 g/mol. The van der Waals surface area contributed by atoms with Crippen molar-refractivity contribution in [3.63, 3.8) is 0 Å². The van der Waals surface area contributed by atoms with Gasteiger partial charge in [0.05, 0.1) is 7.11 Å². The van der Waals surface area contributed by atoms with Gasteiger partial charge in [-0.25, -0.2) is 4.98 Å². The van der Waals surface area contributed by atoms with E-state index in [0.717, 1.165) is 25.3 Å². The van der Waals surface area contributed by atoms with Crippen LogP contribution in [0.4, 0.5) is 0 Å². The van der Waals surface area contributed by atoms with E-state index < -0.39 is 0 Å². The van der Waals surface area contributed by atoms with Crippen molar-refractivity contribution in [2.45, 2.75) is 12.5 Å². The van der Waals surface area contributed by atoms with Gasteiger partial charge in [-0.15, -0.1) is 0 Å². The third kappa shape index (κ3) is 3.29. The Kier molecular flexibility index (Phi) is 4.71. The number of rotatable bonds is 5. The molecule has 0 radical (unpaired) electrons. The molecule has 0 saturated carbocycles. The van der Waals surface area contributed by atoms with Crippen LogP contribution in [-0.4, -0.2) is 41.8 Å². The lowest BCUT2D eigenvalue weighted by molar-refractivity contribution is 0.213. The minimum Gasteiger partial charge on any atom is -0.481 e. The Morgan fingerprint density at radius 2 is 1.95 bits per heavy atom. The summed E-state index contributed by atoms with van der Waals surface area (Å²) in [7, 11) is 1.63. The maximum Gasteiger partial charge on any atom is 0.213 e. The van der Waals surface area contributed by atoms with Gasteiger partial charge < -0.3 is 9.84 Å². The van der Waals surface area contributed by atoms with E-state index in [-0.39, 0.29) is 18.4 Å². The van der Waals surface area contributed by atoms with Crippen LogP contribution in [0.5, 0.6) is 5.88 Å². The number of aromatic nitrogens is 1. The predicted molar refractivity (Wildman–Crippen MR) is 85.8 cm³/mol. The molecule has 3 rings (SSSR count). The second-order valence-electron chi connectivity index (χ2n) is 5.83. The van der Waals surface area contributed by atoms with Crippen LogP contribution in [0.25, 0.3) is 0 Å². The molecule has 1 aromatic heterocycles. The number of ether oxygens (including phenoxy) is 1. The highest BCUT2D eigenvalue weighted by atomic mass is 16.5. The van der Waals surface area contributed by atoms with Gasteiger partial charge in [0.2, 0.25) is 5.88 Å². The molecule has 0 bridgehead atoms. The van der Waals surface area contributed by atoms with Crippen LogP contribution in [0, 0.1) is 5.92 Å². The molecule has 1 aliphatic rings. The first-order chi connectivity index (χ1) is 10.8. The Hall–Kier alpha value is -1.91. The van der Waals surface area contributed by atoms with Crippen molar-refractivity contribution in [2.24, 2.45) is 5.92 Å². The molecule has 1 N–H and O–H groups in total. The highest BCUT2D eigenvalue weighted by molar-refractivity contribution is 5.21. The summed E-state index contributed by atoms with van der Waals surface area (Å²) in [6.45, 7) is 2.92. The van der Waals surface area contributed by atoms with Gasteiger partial charge in [-0.05, 0) is 11.6 Å². The summed E-state index contributed by atoms with van der Waals surface area (Å²) in [5.41, 5.74) is 2.31. The van der Waals surface area contributed by atoms with Gasteiger partial charge in [0.1, 0.15) is 0 Å². The number of methoxy groups -OCH3 is 1. The summed E-state index contributed by atoms with van der Waals surface area (Å²) in [5, 5.41) is 9.72. The van der Waals surface area contributed by atoms with Crippen LogP contribution in [0.1, 0.15) is 17.2 Å². The zero-order chi connectivity index (χ0) is 15.4. The summed E-state index contributed by atoms with van der Waals surface area (Å²) in [4.78, 5) is 6.94. The summed E-state index contributed by atoms with van der Waals surface area (Å²) in [6.07, 6.45) is 0. The van der Waals surface area contributed by atoms with Crippen molar-refractivity contribution in [1.82, 2.24) is 9.88 Å². The summed E-state index contributed by atoms with van der Waals surface area (Å²) in [5.74, 6) is 1.11. The minimum absolute atomic E-state index is 0.189. The molecule has 0 unspecified atom stereocenters. The Balaban J connectivity index is 1.74. The van der Waals surface area contributed by atoms with E-state index in [4.69, 9.17) is 4.74 Å². The molecular formula is C18H22N2O2. The van der Waals surface area contributed by atoms with Crippen molar-refractivity contribution in [3.05, 3.63) is 59.8 Å². The molecule has 116 valence electrons. The van der Waals surface area contributed by atoms with E-state index in [1.165, 1.54) is 5.56 Å². The van der Waals surface area contributed by atoms with E-state index in [1.54, 1.807) is 7.11 Å². The van der Waals surface area contributed by atoms with Gasteiger partial charge in [0, 0.05) is 49.8 Å². The Morgan fingerprint density at radius 1 is 1.14 bits per heavy atom. The fourth-order valence-corrected chi connectivity index (χ4v) is 3.20. The fourth-order valence-electron chi connectivity index (χ4n) is 3.20. The molecule has 4 nitrogen and oxygen atoms in total. The predicted octanol–water partition coefficient (Wildman–Crippen LogP) is 2.30. The fraction of sp³-hybridized carbons (Fsp3) is 0.389. The molecule has 0 amide bonds. The van der Waals surface area contributed by atoms with Gasteiger partial charge >= 0.3 is 0 Å². The average molecular weight is 298 g/mol. The van der Waals surface area contributed by atoms with Crippen molar-refractivity contribution in [3.8, 4) is 5.88 Å². The number of aliphatic hydroxyl groups excluding tert-OH is 1. The molecule has 0 aliphatic carbocycles. The Labute approximate surface area is 131 Å². The van der Waals surface area contributed by atoms with Crippen LogP contribution < -0.4 is 4.74 Å². The van der Waals surface area contributed by atoms with E-state index >= 15 is 0 Å². The molecule has 1 aliphatic heterocycles. The summed E-state index contributed by atoms with van der Waals surface area (Å²) < 4.78 is 5.22. The first-order valence-corrected chi connectivity index (χ1v) is 7.68. The van der Waals surface area contributed by atoms with Crippen LogP contribution in [0.3, 0.4) is 0 Å². The smallest absolute Gasteiger partial charge is 0.213 e. The van der Waals surface area contributed by atoms with Gasteiger partial charge in [-0.1, -0.05) is 36.4 Å². The molecule has 1 saturated heterocycles. The van der Waals surface area contributed by atoms with Gasteiger partial charge in [0.25, 0.3) is 0 Å². The summed E-state index contributed by atoms with van der Waals surface area (Å²) >= 11 is 0. The maximum absolute atomic E-state index is 9.72. The lowest BCUT2D eigenvalue weighted by atomic mass is 9.93. The lowest BCUT2D eigenvalue weighted by Crippen LogP contribution is -2.20. The number of likely N-dealkylation sites (tertiary alicyclic amines) is 1. The van der Waals surface area contributed by atoms with Gasteiger partial charge in [-0.2, -0.15) is 0 Å². The molecule has 2 aromatic rings. The van der Waals surface area contributed by atoms with Gasteiger partial charge in [0.15, 0.2) is 0 Å². The number of nitrogens with zero attached hydrogens (tertiary/aromatic N) is 2. The second kappa shape index (κ2) is 6.90. The standard InChI is InChI=1S/C18H22N2O2/c1-22-18-9-5-8-17(19-18)16-12-20(11-15(16)13-21)10-14-6-3-2-4-7-14/h2-9,15-16,21H,10-13H2,1H3/t15-,16+/m1/s1. The van der Waals surface area contributed by atoms with Crippen LogP contribution in [0.15, 0.2) is 48.5 Å². The first kappa shape index (κ1) is 15.0. The molecule has 1 fully saturated rings. The average Bonchev–Trinajstić information content (AvgIpc) is 2.99. The van der Waals surface area contributed by atoms with E-state index in [2.05, 4.69) is 34.1 Å². The highest BCUT2D eigenvalue weighted by Crippen LogP contribution is 2.32. The summed E-state index contributed by atoms with van der Waals surface area (Å²) in [6, 6.07) is 16.3. The number of hydrogen-bond donors (Lipinski definition) is 1. The SMILES string of the molecule is COc1cccc([C@H]2CN(Cc3ccccc3)C[C@@H]2CO)n1. The number of aliphatic hydroxyl groups is 1. The van der Waals surface area contributed by atoms with Crippen LogP contribution in [-0.2, 0) is 6.54 Å². The number of hydrogen-bond acceptors (Lipinski definition) is 4. The third-order valence-electron chi connectivity index (χ3n) is 4.33. The number of pyridine rings is 1. The highest BCUT2D eigenvalue weighted by Gasteiger charge is 2.34. The third-order valence-corrected chi connectivity index (χ3v) is 4.33. The largest absolute Gasteiger partial charge is 0.481 e. The van der Waals surface area contributed by atoms with Crippen LogP contribution >= 0.6 is 0 Å². The van der Waals surface area contributed by atoms with Crippen molar-refractivity contribution >= 4 is 0 Å². The zero-order valence-corrected chi connectivity index (χ0v) is 12.9. The second-order valence-corrected chi connectivity index (χ2v) is 5.83. The first-order valence-electron chi connectivity index (χ1n) is 7.68. The van der Waals surface area contributed by atoms with Crippen molar-refractivity contribution in [1.29, 1.82) is 0 Å². The van der Waals surface area contributed by atoms with E-state index in [0.29, 0.717) is 5.88 Å². The van der Waals surface area contributed by atoms with Gasteiger partial charge in [-0.3, -0.25) is 4.90 Å². The minimum atomic E-state index is 0.189. The Morgan fingerprint density at radius 3 is 2.68 bits per heavy atom. The molecule has 1 aromatic carbocycles. The van der Waals surface area contributed by atoms with Crippen molar-refractivity contribution in [2.75, 3.05) is 26.8 Å². The Bertz CT molecular complexity index is 603. The topological polar surface area (TPSA) is 45.6 Å². The number of benzene rings is 1. The molecule has 4 heteroatoms. The van der Waals surface area contributed by atoms with E-state index in [1.807, 2.05) is 24.3 Å². The van der Waals surface area contributed by atoms with E-state index in [9.17, 15) is 5.11 Å². The molecular weight excluding hydrogens is 276 g/mol. The molecule has 22 heavy (non-hydrogen) atoms. The lowest BCUT2D eigenvalue weighted by Gasteiger charge is -2.16. The van der Waals surface area contributed by atoms with Crippen molar-refractivity contribution < 1.29 is 9.84 Å². The zero-order valence-electron chi connectivity index (χ0n) is 12.9. The molecule has 0 spiro atoms. The normalized spacial score (nSPS) is 21.9.